The Labute approximate surface area is 109 Å². The Hall–Kier alpha value is -1.87. The van der Waals surface area contributed by atoms with Crippen molar-refractivity contribution >= 4 is 21.9 Å². The van der Waals surface area contributed by atoms with E-state index in [1.165, 1.54) is 13.8 Å². The fraction of sp³-hybridized carbons (Fsp3) is 0.400. The molecule has 106 valence electrons. The van der Waals surface area contributed by atoms with Gasteiger partial charge in [-0.1, -0.05) is 0 Å². The Balaban J connectivity index is 2.88. The van der Waals surface area contributed by atoms with Gasteiger partial charge in [-0.2, -0.15) is 0 Å². The molecule has 0 saturated heterocycles. The van der Waals surface area contributed by atoms with Crippen molar-refractivity contribution in [1.29, 1.82) is 0 Å². The number of hydrogen-bond donors (Lipinski definition) is 3. The molecule has 0 aliphatic heterocycles. The van der Waals surface area contributed by atoms with Crippen molar-refractivity contribution in [2.24, 2.45) is 5.14 Å². The van der Waals surface area contributed by atoms with Gasteiger partial charge in [-0.05, 0) is 13.8 Å². The van der Waals surface area contributed by atoms with E-state index in [0.29, 0.717) is 0 Å². The quantitative estimate of drug-likeness (QED) is 0.687. The number of aliphatic carboxylic acids is 1. The maximum atomic E-state index is 11.7. The summed E-state index contributed by atoms with van der Waals surface area (Å²) in [6, 6.07) is 0.390. The lowest BCUT2D eigenvalue weighted by molar-refractivity contribution is -0.137. The molecule has 1 amide bonds. The minimum atomic E-state index is -3.96. The van der Waals surface area contributed by atoms with E-state index >= 15 is 0 Å². The predicted octanol–water partition coefficient (Wildman–Crippen LogP) is -0.172. The first-order valence-electron chi connectivity index (χ1n) is 5.27. The van der Waals surface area contributed by atoms with Gasteiger partial charge in [0.1, 0.15) is 10.7 Å². The molecule has 1 unspecified atom stereocenters. The number of sulfonamides is 1. The highest BCUT2D eigenvalue weighted by Gasteiger charge is 2.22. The van der Waals surface area contributed by atoms with Gasteiger partial charge in [-0.25, -0.2) is 13.6 Å². The molecule has 4 N–H and O–H groups in total. The Morgan fingerprint density at radius 3 is 2.53 bits per heavy atom. The maximum absolute atomic E-state index is 11.7. The van der Waals surface area contributed by atoms with Crippen LogP contribution in [0.2, 0.25) is 0 Å². The summed E-state index contributed by atoms with van der Waals surface area (Å²) in [6.45, 7) is 2.86. The van der Waals surface area contributed by atoms with Crippen molar-refractivity contribution in [2.45, 2.75) is 31.2 Å². The third kappa shape index (κ3) is 4.07. The summed E-state index contributed by atoms with van der Waals surface area (Å²) < 4.78 is 27.3. The largest absolute Gasteiger partial charge is 0.481 e. The van der Waals surface area contributed by atoms with Gasteiger partial charge in [0.25, 0.3) is 5.91 Å². The first kappa shape index (κ1) is 15.2. The molecule has 1 aromatic heterocycles. The number of carbonyl (C=O) groups is 2. The van der Waals surface area contributed by atoms with Crippen LogP contribution < -0.4 is 10.5 Å². The molecule has 9 heteroatoms. The van der Waals surface area contributed by atoms with Crippen LogP contribution in [-0.4, -0.2) is 31.4 Å². The third-order valence-electron chi connectivity index (χ3n) is 2.26. The van der Waals surface area contributed by atoms with Crippen molar-refractivity contribution in [3.05, 3.63) is 17.6 Å². The first-order valence-corrected chi connectivity index (χ1v) is 6.81. The zero-order valence-corrected chi connectivity index (χ0v) is 11.2. The second-order valence-corrected chi connectivity index (χ2v) is 5.58. The number of carboxylic acid groups (broad SMARTS) is 1. The Bertz CT molecular complexity index is 604. The molecule has 8 nitrogen and oxygen atoms in total. The number of primary sulfonamides is 1. The first-order chi connectivity index (χ1) is 8.61. The number of carboxylic acids is 1. The molecule has 0 radical (unpaired) electrons. The number of rotatable bonds is 5. The summed E-state index contributed by atoms with van der Waals surface area (Å²) in [7, 11) is -3.96. The van der Waals surface area contributed by atoms with Crippen molar-refractivity contribution in [2.75, 3.05) is 0 Å². The Morgan fingerprint density at radius 1 is 1.53 bits per heavy atom. The van der Waals surface area contributed by atoms with Gasteiger partial charge in [-0.15, -0.1) is 0 Å². The third-order valence-corrected chi connectivity index (χ3v) is 3.28. The second kappa shape index (κ2) is 5.41. The highest BCUT2D eigenvalue weighted by Crippen LogP contribution is 2.18. The van der Waals surface area contributed by atoms with Crippen LogP contribution in [0.25, 0.3) is 0 Å². The van der Waals surface area contributed by atoms with E-state index in [1.807, 2.05) is 0 Å². The average molecular weight is 290 g/mol. The number of hydrogen-bond acceptors (Lipinski definition) is 5. The minimum Gasteiger partial charge on any atom is -0.481 e. The fourth-order valence-corrected chi connectivity index (χ4v) is 2.18. The summed E-state index contributed by atoms with van der Waals surface area (Å²) in [4.78, 5) is 21.9. The van der Waals surface area contributed by atoms with Gasteiger partial charge in [0.2, 0.25) is 10.0 Å². The summed E-state index contributed by atoms with van der Waals surface area (Å²) >= 11 is 0. The normalized spacial score (nSPS) is 13.0. The van der Waals surface area contributed by atoms with E-state index in [4.69, 9.17) is 14.7 Å². The van der Waals surface area contributed by atoms with E-state index in [2.05, 4.69) is 5.32 Å². The summed E-state index contributed by atoms with van der Waals surface area (Å²) in [5.41, 5.74) is 0. The molecular weight excluding hydrogens is 276 g/mol. The molecule has 0 spiro atoms. The van der Waals surface area contributed by atoms with E-state index in [1.54, 1.807) is 0 Å². The molecule has 0 aliphatic rings. The van der Waals surface area contributed by atoms with Gasteiger partial charge in [0.15, 0.2) is 5.76 Å². The molecule has 1 aromatic rings. The van der Waals surface area contributed by atoms with Gasteiger partial charge in [-0.3, -0.25) is 9.59 Å². The number of aryl methyl sites for hydroxylation is 1. The topological polar surface area (TPSA) is 140 Å². The molecule has 0 aromatic carbocycles. The van der Waals surface area contributed by atoms with E-state index in [0.717, 1.165) is 6.07 Å². The van der Waals surface area contributed by atoms with Gasteiger partial charge in [0, 0.05) is 12.1 Å². The molecule has 1 heterocycles. The lowest BCUT2D eigenvalue weighted by Gasteiger charge is -2.09. The highest BCUT2D eigenvalue weighted by atomic mass is 32.2. The van der Waals surface area contributed by atoms with Crippen LogP contribution in [0.4, 0.5) is 0 Å². The molecule has 0 saturated carbocycles. The Morgan fingerprint density at radius 2 is 2.11 bits per heavy atom. The summed E-state index contributed by atoms with van der Waals surface area (Å²) in [5, 5.41) is 15.9. The molecule has 0 bridgehead atoms. The van der Waals surface area contributed by atoms with Crippen LogP contribution in [0.5, 0.6) is 0 Å². The van der Waals surface area contributed by atoms with Crippen LogP contribution in [-0.2, 0) is 14.8 Å². The second-order valence-electron chi connectivity index (χ2n) is 4.05. The summed E-state index contributed by atoms with van der Waals surface area (Å²) in [5.74, 6) is -2.00. The van der Waals surface area contributed by atoms with E-state index in [-0.39, 0.29) is 22.8 Å². The van der Waals surface area contributed by atoms with Crippen LogP contribution >= 0.6 is 0 Å². The van der Waals surface area contributed by atoms with Crippen molar-refractivity contribution in [3.8, 4) is 0 Å². The van der Waals surface area contributed by atoms with Gasteiger partial charge in [0.05, 0.1) is 6.42 Å². The molecular formula is C10H14N2O6S. The van der Waals surface area contributed by atoms with Crippen LogP contribution in [0.1, 0.15) is 29.7 Å². The molecule has 19 heavy (non-hydrogen) atoms. The SMILES string of the molecule is Cc1oc(C(=O)NC(C)CC(=O)O)cc1S(N)(=O)=O. The Kier molecular flexibility index (Phi) is 4.32. The maximum Gasteiger partial charge on any atom is 0.305 e. The number of amides is 1. The van der Waals surface area contributed by atoms with Crippen LogP contribution in [0.15, 0.2) is 15.4 Å². The molecule has 1 atom stereocenters. The van der Waals surface area contributed by atoms with Crippen molar-refractivity contribution in [3.63, 3.8) is 0 Å². The highest BCUT2D eigenvalue weighted by molar-refractivity contribution is 7.89. The predicted molar refractivity (Wildman–Crippen MR) is 64.0 cm³/mol. The molecule has 0 aliphatic carbocycles. The van der Waals surface area contributed by atoms with Crippen molar-refractivity contribution in [1.82, 2.24) is 5.32 Å². The minimum absolute atomic E-state index is 0.00135. The zero-order valence-electron chi connectivity index (χ0n) is 10.3. The van der Waals surface area contributed by atoms with E-state index in [9.17, 15) is 18.0 Å². The van der Waals surface area contributed by atoms with Crippen molar-refractivity contribution < 1.29 is 27.5 Å². The molecule has 0 fully saturated rings. The number of nitrogens with two attached hydrogens (primary N) is 1. The summed E-state index contributed by atoms with van der Waals surface area (Å²) in [6.07, 6.45) is -0.256. The lowest BCUT2D eigenvalue weighted by Crippen LogP contribution is -2.33. The average Bonchev–Trinajstić information content (AvgIpc) is 2.58. The number of nitrogens with one attached hydrogen (secondary N) is 1. The standard InChI is InChI=1S/C10H14N2O6S/c1-5(3-9(13)14)12-10(15)7-4-8(6(2)18-7)19(11,16)17/h4-5H,3H2,1-2H3,(H,12,15)(H,13,14)(H2,11,16,17). The monoisotopic (exact) mass is 290 g/mol. The smallest absolute Gasteiger partial charge is 0.305 e. The number of carbonyl (C=O) groups excluding carboxylic acids is 1. The van der Waals surface area contributed by atoms with Crippen LogP contribution in [0.3, 0.4) is 0 Å². The fourth-order valence-electron chi connectivity index (χ4n) is 1.47. The zero-order chi connectivity index (χ0) is 14.8. The van der Waals surface area contributed by atoms with Gasteiger partial charge < -0.3 is 14.8 Å². The van der Waals surface area contributed by atoms with E-state index < -0.39 is 27.9 Å². The molecule has 1 rings (SSSR count). The lowest BCUT2D eigenvalue weighted by atomic mass is 10.2. The van der Waals surface area contributed by atoms with Crippen LogP contribution in [0, 0.1) is 6.92 Å². The number of furan rings is 1. The van der Waals surface area contributed by atoms with Gasteiger partial charge >= 0.3 is 5.97 Å².